The number of carboxylic acid groups (broad SMARTS) is 1. The number of ether oxygens (including phenoxy) is 1. The van der Waals surface area contributed by atoms with Gasteiger partial charge in [0.05, 0.1) is 16.8 Å². The van der Waals surface area contributed by atoms with Gasteiger partial charge in [0.1, 0.15) is 5.41 Å². The van der Waals surface area contributed by atoms with Crippen LogP contribution in [-0.4, -0.2) is 38.5 Å². The van der Waals surface area contributed by atoms with Crippen molar-refractivity contribution in [3.8, 4) is 0 Å². The highest BCUT2D eigenvalue weighted by Crippen LogP contribution is 2.64. The summed E-state index contributed by atoms with van der Waals surface area (Å²) in [7, 11) is -2.50. The molecule has 0 unspecified atom stereocenters. The Labute approximate surface area is 151 Å². The zero-order valence-electron chi connectivity index (χ0n) is 13.4. The maximum atomic E-state index is 13.1. The second-order valence-electron chi connectivity index (χ2n) is 6.09. The number of aliphatic carboxylic acids is 1. The Kier molecular flexibility index (Phi) is 4.62. The zero-order valence-corrected chi connectivity index (χ0v) is 15.0. The van der Waals surface area contributed by atoms with Crippen LogP contribution in [0.25, 0.3) is 0 Å². The summed E-state index contributed by atoms with van der Waals surface area (Å²) in [6.45, 7) is -0.181. The van der Waals surface area contributed by atoms with Crippen LogP contribution >= 0.6 is 11.6 Å². The summed E-state index contributed by atoms with van der Waals surface area (Å²) in [5, 5.41) is 9.14. The molecule has 7 heteroatoms. The molecule has 132 valence electrons. The predicted molar refractivity (Wildman–Crippen MR) is 93.6 cm³/mol. The van der Waals surface area contributed by atoms with Crippen LogP contribution in [0.1, 0.15) is 11.5 Å². The molecular formula is C18H17ClO5S. The molecule has 5 nitrogen and oxygen atoms in total. The lowest BCUT2D eigenvalue weighted by Crippen LogP contribution is -2.28. The molecule has 0 aliphatic heterocycles. The molecule has 25 heavy (non-hydrogen) atoms. The summed E-state index contributed by atoms with van der Waals surface area (Å²) >= 11 is 5.83. The Morgan fingerprint density at radius 3 is 2.28 bits per heavy atom. The first kappa shape index (κ1) is 17.9. The lowest BCUT2D eigenvalue weighted by Gasteiger charge is -2.12. The number of halogens is 1. The predicted octanol–water partition coefficient (Wildman–Crippen LogP) is 3.00. The highest BCUT2D eigenvalue weighted by molar-refractivity contribution is 7.92. The zero-order chi connectivity index (χ0) is 18.2. The Balaban J connectivity index is 2.11. The summed E-state index contributed by atoms with van der Waals surface area (Å²) in [6.07, 6.45) is 0. The van der Waals surface area contributed by atoms with Crippen molar-refractivity contribution in [1.29, 1.82) is 0 Å². The fraction of sp³-hybridized carbons (Fsp3) is 0.278. The first-order chi connectivity index (χ1) is 11.9. The monoisotopic (exact) mass is 380 g/mol. The lowest BCUT2D eigenvalue weighted by molar-refractivity contribution is -0.145. The van der Waals surface area contributed by atoms with Crippen molar-refractivity contribution in [2.45, 2.75) is 16.1 Å². The molecule has 3 atom stereocenters. The molecule has 1 aliphatic rings. The highest BCUT2D eigenvalue weighted by Gasteiger charge is 2.76. The number of hydrogen-bond donors (Lipinski definition) is 1. The van der Waals surface area contributed by atoms with Crippen LogP contribution in [-0.2, 0) is 19.4 Å². The van der Waals surface area contributed by atoms with E-state index in [1.807, 2.05) is 0 Å². The molecular weight excluding hydrogens is 364 g/mol. The number of hydrogen-bond acceptors (Lipinski definition) is 4. The minimum absolute atomic E-state index is 0.0575. The summed E-state index contributed by atoms with van der Waals surface area (Å²) in [6, 6.07) is 14.6. The van der Waals surface area contributed by atoms with Gasteiger partial charge in [0.25, 0.3) is 0 Å². The van der Waals surface area contributed by atoms with Crippen molar-refractivity contribution in [1.82, 2.24) is 0 Å². The van der Waals surface area contributed by atoms with Crippen molar-refractivity contribution in [2.24, 2.45) is 5.41 Å². The maximum Gasteiger partial charge on any atom is 0.314 e. The van der Waals surface area contributed by atoms with Crippen LogP contribution in [0.4, 0.5) is 0 Å². The van der Waals surface area contributed by atoms with Crippen molar-refractivity contribution in [2.75, 3.05) is 13.7 Å². The van der Waals surface area contributed by atoms with Crippen LogP contribution in [0.3, 0.4) is 0 Å². The van der Waals surface area contributed by atoms with Gasteiger partial charge in [-0.15, -0.1) is 0 Å². The van der Waals surface area contributed by atoms with E-state index in [9.17, 15) is 18.3 Å². The topological polar surface area (TPSA) is 80.7 Å². The molecule has 0 spiro atoms. The van der Waals surface area contributed by atoms with E-state index in [4.69, 9.17) is 16.3 Å². The van der Waals surface area contributed by atoms with E-state index in [-0.39, 0.29) is 11.5 Å². The van der Waals surface area contributed by atoms with E-state index in [0.717, 1.165) is 0 Å². The van der Waals surface area contributed by atoms with Gasteiger partial charge in [-0.05, 0) is 29.8 Å². The Hall–Kier alpha value is -1.89. The van der Waals surface area contributed by atoms with Gasteiger partial charge in [-0.3, -0.25) is 4.79 Å². The molecule has 0 amide bonds. The summed E-state index contributed by atoms with van der Waals surface area (Å²) in [4.78, 5) is 12.1. The molecule has 0 heterocycles. The molecule has 2 aromatic rings. The van der Waals surface area contributed by atoms with Crippen molar-refractivity contribution < 1.29 is 23.1 Å². The maximum absolute atomic E-state index is 13.1. The van der Waals surface area contributed by atoms with Crippen molar-refractivity contribution in [3.63, 3.8) is 0 Å². The van der Waals surface area contributed by atoms with Crippen LogP contribution in [0, 0.1) is 5.41 Å². The molecule has 2 aromatic carbocycles. The molecule has 0 radical (unpaired) electrons. The second-order valence-corrected chi connectivity index (χ2v) is 8.59. The average Bonchev–Trinajstić information content (AvgIpc) is 3.27. The van der Waals surface area contributed by atoms with Crippen LogP contribution in [0.15, 0.2) is 59.5 Å². The van der Waals surface area contributed by atoms with Gasteiger partial charge in [0.15, 0.2) is 9.84 Å². The van der Waals surface area contributed by atoms with Gasteiger partial charge in [-0.2, -0.15) is 0 Å². The summed E-state index contributed by atoms with van der Waals surface area (Å²) in [5.41, 5.74) is -0.835. The molecule has 1 aliphatic carbocycles. The van der Waals surface area contributed by atoms with Crippen LogP contribution < -0.4 is 0 Å². The minimum atomic E-state index is -3.87. The van der Waals surface area contributed by atoms with Crippen LogP contribution in [0.2, 0.25) is 5.02 Å². The van der Waals surface area contributed by atoms with Crippen molar-refractivity contribution >= 4 is 27.4 Å². The Morgan fingerprint density at radius 2 is 1.76 bits per heavy atom. The van der Waals surface area contributed by atoms with E-state index >= 15 is 0 Å². The van der Waals surface area contributed by atoms with E-state index in [1.54, 1.807) is 30.3 Å². The third kappa shape index (κ3) is 2.84. The third-order valence-electron chi connectivity index (χ3n) is 4.67. The van der Waals surface area contributed by atoms with Gasteiger partial charge in [0.2, 0.25) is 0 Å². The molecule has 1 fully saturated rings. The standard InChI is InChI=1S/C18H17ClO5S/c1-24-11-18(17(20)21)15(12-5-3-2-4-6-12)16(18)25(22,23)14-9-7-13(19)8-10-14/h2-10,15-16H,11H2,1H3,(H,20,21)/t15-,16+,18-/m1/s1. The number of methoxy groups -OCH3 is 1. The molecule has 0 aromatic heterocycles. The quantitative estimate of drug-likeness (QED) is 0.833. The van der Waals surface area contributed by atoms with E-state index in [0.29, 0.717) is 10.6 Å². The molecule has 1 saturated carbocycles. The van der Waals surface area contributed by atoms with Gasteiger partial charge < -0.3 is 9.84 Å². The molecule has 1 N–H and O–H groups in total. The normalized spacial score (nSPS) is 25.5. The lowest BCUT2D eigenvalue weighted by atomic mass is 10.0. The van der Waals surface area contributed by atoms with Gasteiger partial charge in [0, 0.05) is 18.1 Å². The molecule has 3 rings (SSSR count). The van der Waals surface area contributed by atoms with Gasteiger partial charge >= 0.3 is 5.97 Å². The molecule has 0 bridgehead atoms. The highest BCUT2D eigenvalue weighted by atomic mass is 35.5. The Morgan fingerprint density at radius 1 is 1.16 bits per heavy atom. The summed E-state index contributed by atoms with van der Waals surface area (Å²) in [5.74, 6) is -1.85. The number of benzene rings is 2. The number of sulfone groups is 1. The number of carboxylic acids is 1. The van der Waals surface area contributed by atoms with Gasteiger partial charge in [-0.25, -0.2) is 8.42 Å². The number of rotatable bonds is 6. The van der Waals surface area contributed by atoms with Crippen molar-refractivity contribution in [3.05, 3.63) is 65.2 Å². The van der Waals surface area contributed by atoms with E-state index < -0.39 is 32.4 Å². The minimum Gasteiger partial charge on any atom is -0.481 e. The van der Waals surface area contributed by atoms with Gasteiger partial charge in [-0.1, -0.05) is 41.9 Å². The largest absolute Gasteiger partial charge is 0.481 e. The second kappa shape index (κ2) is 6.44. The number of carbonyl (C=O) groups is 1. The van der Waals surface area contributed by atoms with Crippen LogP contribution in [0.5, 0.6) is 0 Å². The SMILES string of the molecule is COC[C@@]1(C(=O)O)[C@H](c2ccccc2)[C@@H]1S(=O)(=O)c1ccc(Cl)cc1. The van der Waals surface area contributed by atoms with E-state index in [1.165, 1.54) is 31.4 Å². The first-order valence-corrected chi connectivity index (χ1v) is 9.55. The fourth-order valence-electron chi connectivity index (χ4n) is 3.49. The first-order valence-electron chi connectivity index (χ1n) is 7.62. The summed E-state index contributed by atoms with van der Waals surface area (Å²) < 4.78 is 31.3. The fourth-order valence-corrected chi connectivity index (χ4v) is 5.97. The van der Waals surface area contributed by atoms with E-state index in [2.05, 4.69) is 0 Å². The smallest absolute Gasteiger partial charge is 0.314 e. The molecule has 0 saturated heterocycles. The third-order valence-corrected chi connectivity index (χ3v) is 7.22. The average molecular weight is 381 g/mol. The Bertz CT molecular complexity index is 879.